The average molecular weight is 172 g/mol. The molecule has 0 aliphatic carbocycles. The van der Waals surface area contributed by atoms with E-state index in [1.807, 2.05) is 27.3 Å². The predicted molar refractivity (Wildman–Crippen MR) is 48.9 cm³/mol. The second-order valence-electron chi connectivity index (χ2n) is 3.01. The van der Waals surface area contributed by atoms with Crippen molar-refractivity contribution in [3.63, 3.8) is 0 Å². The van der Waals surface area contributed by atoms with Gasteiger partial charge in [-0.15, -0.1) is 0 Å². The van der Waals surface area contributed by atoms with E-state index in [0.29, 0.717) is 6.61 Å². The molecule has 0 aliphatic rings. The van der Waals surface area contributed by atoms with Gasteiger partial charge in [0.15, 0.2) is 0 Å². The topological polar surface area (TPSA) is 29.5 Å². The van der Waals surface area contributed by atoms with Crippen molar-refractivity contribution in [3.8, 4) is 0 Å². The molecule has 0 heterocycles. The Hall–Kier alpha value is -0.410. The molecule has 3 heteroatoms. The van der Waals surface area contributed by atoms with E-state index < -0.39 is 0 Å². The Morgan fingerprint density at radius 3 is 2.58 bits per heavy atom. The van der Waals surface area contributed by atoms with Crippen molar-refractivity contribution >= 4 is 6.29 Å². The van der Waals surface area contributed by atoms with Crippen LogP contribution in [-0.2, 0) is 9.53 Å². The molecule has 71 valence electrons. The van der Waals surface area contributed by atoms with Crippen LogP contribution in [0.15, 0.2) is 0 Å². The summed E-state index contributed by atoms with van der Waals surface area (Å²) in [4.78, 5) is 12.4. The van der Waals surface area contributed by atoms with Gasteiger partial charge < -0.3 is 9.64 Å². The Morgan fingerprint density at radius 2 is 2.17 bits per heavy atom. The molecule has 12 heavy (non-hydrogen) atoms. The van der Waals surface area contributed by atoms with Gasteiger partial charge in [0.1, 0.15) is 6.10 Å². The third kappa shape index (κ3) is 6.31. The van der Waals surface area contributed by atoms with Crippen LogP contribution in [0.3, 0.4) is 0 Å². The van der Waals surface area contributed by atoms with Crippen molar-refractivity contribution in [2.45, 2.75) is 25.9 Å². The first kappa shape index (κ1) is 11.6. The zero-order valence-electron chi connectivity index (χ0n) is 8.17. The Kier molecular flexibility index (Phi) is 7.00. The molecule has 0 N–H and O–H groups in total. The average Bonchev–Trinajstić information content (AvgIpc) is 2.02. The summed E-state index contributed by atoms with van der Waals surface area (Å²) in [7, 11) is 4.03. The normalized spacial score (nSPS) is 13.3. The third-order valence-electron chi connectivity index (χ3n) is 1.57. The lowest BCUT2D eigenvalue weighted by Crippen LogP contribution is -2.18. The van der Waals surface area contributed by atoms with Crippen LogP contribution in [0.2, 0.25) is 0 Å². The van der Waals surface area contributed by atoms with Crippen molar-refractivity contribution in [1.29, 1.82) is 0 Å². The lowest BCUT2D eigenvalue weighted by Gasteiger charge is -2.12. The van der Waals surface area contributed by atoms with E-state index in [9.17, 15) is 4.79 Å². The highest BCUT2D eigenvalue weighted by Crippen LogP contribution is 1.99. The molecule has 0 amide bonds. The first-order chi connectivity index (χ1) is 5.70. The van der Waals surface area contributed by atoms with Gasteiger partial charge in [-0.05, 0) is 40.4 Å². The molecule has 0 saturated heterocycles. The molecule has 0 aliphatic heterocycles. The van der Waals surface area contributed by atoms with E-state index in [-0.39, 0.29) is 6.10 Å². The highest BCUT2D eigenvalue weighted by Gasteiger charge is 2.06. The second kappa shape index (κ2) is 7.25. The van der Waals surface area contributed by atoms with Crippen LogP contribution in [0.5, 0.6) is 0 Å². The number of hydrogen-bond acceptors (Lipinski definition) is 3. The van der Waals surface area contributed by atoms with Crippen molar-refractivity contribution in [1.82, 2.24) is 4.90 Å². The number of carbonyl (C=O) groups excluding carboxylic acids is 1. The Labute approximate surface area is 74.7 Å². The van der Waals surface area contributed by atoms with Gasteiger partial charge in [-0.1, -0.05) is 0 Å². The van der Waals surface area contributed by atoms with E-state index in [4.69, 9.17) is 4.74 Å². The summed E-state index contributed by atoms with van der Waals surface area (Å²) in [5, 5.41) is 0. The molecule has 3 nitrogen and oxygen atoms in total. The molecule has 1 unspecified atom stereocenters. The third-order valence-corrected chi connectivity index (χ3v) is 1.57. The minimum absolute atomic E-state index is 0.324. The Morgan fingerprint density at radius 1 is 1.50 bits per heavy atom. The Bertz CT molecular complexity index is 115. The summed E-state index contributed by atoms with van der Waals surface area (Å²) in [6.07, 6.45) is 3.31. The van der Waals surface area contributed by atoms with E-state index in [0.717, 1.165) is 19.4 Å². The maximum absolute atomic E-state index is 10.3. The summed E-state index contributed by atoms with van der Waals surface area (Å²) < 4.78 is 5.13. The van der Waals surface area contributed by atoms with Crippen molar-refractivity contribution in [2.24, 2.45) is 0 Å². The molecule has 0 spiro atoms. The smallest absolute Gasteiger partial charge is 0.229 e. The lowest BCUT2D eigenvalue weighted by molar-refractivity contribution is 0.0979. The first-order valence-electron chi connectivity index (χ1n) is 4.34. The first-order valence-corrected chi connectivity index (χ1v) is 4.34. The fourth-order valence-electron chi connectivity index (χ4n) is 0.970. The fraction of sp³-hybridized carbons (Fsp3) is 0.889. The predicted octanol–water partition coefficient (Wildman–Crippen LogP) is 0.843. The summed E-state index contributed by atoms with van der Waals surface area (Å²) >= 11 is 0. The summed E-state index contributed by atoms with van der Waals surface area (Å²) in [6.45, 7) is 3.46. The SMILES string of the molecule is CCOC([C]=O)CCCN(C)C. The number of hydrogen-bond donors (Lipinski definition) is 0. The van der Waals surface area contributed by atoms with Crippen molar-refractivity contribution in [3.05, 3.63) is 0 Å². The van der Waals surface area contributed by atoms with E-state index in [1.165, 1.54) is 0 Å². The van der Waals surface area contributed by atoms with Crippen molar-refractivity contribution < 1.29 is 9.53 Å². The molecule has 0 fully saturated rings. The molecule has 0 aromatic heterocycles. The minimum atomic E-state index is -0.324. The number of nitrogens with zero attached hydrogens (tertiary/aromatic N) is 1. The van der Waals surface area contributed by atoms with Gasteiger partial charge in [0.2, 0.25) is 6.29 Å². The molecule has 0 rings (SSSR count). The van der Waals surface area contributed by atoms with Crippen LogP contribution in [-0.4, -0.2) is 44.5 Å². The van der Waals surface area contributed by atoms with E-state index >= 15 is 0 Å². The highest BCUT2D eigenvalue weighted by molar-refractivity contribution is 5.56. The molecule has 0 aromatic carbocycles. The summed E-state index contributed by atoms with van der Waals surface area (Å²) in [6, 6.07) is 0. The number of ether oxygens (including phenoxy) is 1. The van der Waals surface area contributed by atoms with Gasteiger partial charge in [-0.25, -0.2) is 0 Å². The molecular weight excluding hydrogens is 154 g/mol. The molecule has 1 atom stereocenters. The van der Waals surface area contributed by atoms with E-state index in [2.05, 4.69) is 4.90 Å². The standard InChI is InChI=1S/C9H18NO2/c1-4-12-9(8-11)6-5-7-10(2)3/h9H,4-7H2,1-3H3. The fourth-order valence-corrected chi connectivity index (χ4v) is 0.970. The van der Waals surface area contributed by atoms with Gasteiger partial charge >= 0.3 is 0 Å². The maximum Gasteiger partial charge on any atom is 0.229 e. The van der Waals surface area contributed by atoms with Crippen LogP contribution in [0.1, 0.15) is 19.8 Å². The lowest BCUT2D eigenvalue weighted by atomic mass is 10.2. The highest BCUT2D eigenvalue weighted by atomic mass is 16.5. The Balaban J connectivity index is 3.37. The molecule has 0 aromatic rings. The van der Waals surface area contributed by atoms with Gasteiger partial charge in [-0.3, -0.25) is 4.79 Å². The van der Waals surface area contributed by atoms with Gasteiger partial charge in [0.25, 0.3) is 0 Å². The maximum atomic E-state index is 10.3. The molecular formula is C9H18NO2. The van der Waals surface area contributed by atoms with Gasteiger partial charge in [-0.2, -0.15) is 0 Å². The zero-order chi connectivity index (χ0) is 9.40. The van der Waals surface area contributed by atoms with Crippen LogP contribution >= 0.6 is 0 Å². The second-order valence-corrected chi connectivity index (χ2v) is 3.01. The van der Waals surface area contributed by atoms with Crippen LogP contribution in [0.4, 0.5) is 0 Å². The van der Waals surface area contributed by atoms with Gasteiger partial charge in [0.05, 0.1) is 0 Å². The van der Waals surface area contributed by atoms with Gasteiger partial charge in [0, 0.05) is 6.61 Å². The van der Waals surface area contributed by atoms with Crippen LogP contribution in [0, 0.1) is 0 Å². The molecule has 0 bridgehead atoms. The monoisotopic (exact) mass is 172 g/mol. The zero-order valence-corrected chi connectivity index (χ0v) is 8.17. The quantitative estimate of drug-likeness (QED) is 0.570. The van der Waals surface area contributed by atoms with Crippen LogP contribution in [0.25, 0.3) is 0 Å². The van der Waals surface area contributed by atoms with Crippen LogP contribution < -0.4 is 0 Å². The molecule has 0 saturated carbocycles. The van der Waals surface area contributed by atoms with Crippen molar-refractivity contribution in [2.75, 3.05) is 27.2 Å². The summed E-state index contributed by atoms with van der Waals surface area (Å²) in [5.74, 6) is 0. The summed E-state index contributed by atoms with van der Waals surface area (Å²) in [5.41, 5.74) is 0. The minimum Gasteiger partial charge on any atom is -0.370 e. The molecule has 1 radical (unpaired) electrons. The van der Waals surface area contributed by atoms with E-state index in [1.54, 1.807) is 0 Å². The number of rotatable bonds is 7. The largest absolute Gasteiger partial charge is 0.370 e.